The van der Waals surface area contributed by atoms with Gasteiger partial charge in [0.25, 0.3) is 0 Å². The number of carboxylic acid groups (broad SMARTS) is 1. The molecular formula is C4H4Cl3F3O2. The lowest BCUT2D eigenvalue weighted by atomic mass is 10.7. The molecule has 0 unspecified atom stereocenters. The van der Waals surface area contributed by atoms with Crippen LogP contribution in [-0.4, -0.2) is 21.0 Å². The zero-order valence-corrected chi connectivity index (χ0v) is 7.89. The average molecular weight is 247 g/mol. The van der Waals surface area contributed by atoms with Crippen LogP contribution < -0.4 is 0 Å². The molecule has 0 atom stereocenters. The van der Waals surface area contributed by atoms with Gasteiger partial charge in [-0.05, 0) is 6.92 Å². The number of carbonyl (C=O) groups is 1. The van der Waals surface area contributed by atoms with Gasteiger partial charge in [0.15, 0.2) is 3.79 Å². The topological polar surface area (TPSA) is 37.3 Å². The Morgan fingerprint density at radius 2 is 1.33 bits per heavy atom. The molecule has 0 amide bonds. The van der Waals surface area contributed by atoms with Gasteiger partial charge in [0.1, 0.15) is 0 Å². The van der Waals surface area contributed by atoms with Gasteiger partial charge in [-0.25, -0.2) is 4.79 Å². The molecule has 12 heavy (non-hydrogen) atoms. The van der Waals surface area contributed by atoms with E-state index < -0.39 is 15.9 Å². The summed E-state index contributed by atoms with van der Waals surface area (Å²) in [5.74, 6) is -2.76. The summed E-state index contributed by atoms with van der Waals surface area (Å²) < 4.78 is 30.7. The summed E-state index contributed by atoms with van der Waals surface area (Å²) >= 11 is 15.2. The predicted octanol–water partition coefficient (Wildman–Crippen LogP) is 3.01. The maximum atomic E-state index is 10.6. The average Bonchev–Trinajstić information content (AvgIpc) is 1.55. The Labute approximate surface area is 81.2 Å². The van der Waals surface area contributed by atoms with Gasteiger partial charge < -0.3 is 5.11 Å². The van der Waals surface area contributed by atoms with Crippen LogP contribution in [0.15, 0.2) is 0 Å². The third kappa shape index (κ3) is 22.5. The molecule has 0 aromatic rings. The van der Waals surface area contributed by atoms with Crippen molar-refractivity contribution in [2.24, 2.45) is 0 Å². The molecule has 0 rings (SSSR count). The number of carboxylic acids is 1. The van der Waals surface area contributed by atoms with E-state index in [1.807, 2.05) is 0 Å². The van der Waals surface area contributed by atoms with Crippen molar-refractivity contribution >= 4 is 40.8 Å². The second-order valence-electron chi connectivity index (χ2n) is 1.58. The molecule has 0 aromatic heterocycles. The monoisotopic (exact) mass is 246 g/mol. The second kappa shape index (κ2) is 4.99. The molecule has 0 radical (unpaired) electrons. The lowest BCUT2D eigenvalue weighted by Gasteiger charge is -1.94. The lowest BCUT2D eigenvalue weighted by Crippen LogP contribution is -2.21. The van der Waals surface area contributed by atoms with E-state index in [0.717, 1.165) is 0 Å². The Hall–Kier alpha value is 0.130. The van der Waals surface area contributed by atoms with Crippen LogP contribution in [-0.2, 0) is 4.79 Å². The first-order chi connectivity index (χ1) is 4.94. The molecule has 74 valence electrons. The minimum absolute atomic E-state index is 1.08. The smallest absolute Gasteiger partial charge is 0.475 e. The largest absolute Gasteiger partial charge is 0.490 e. The third-order valence-corrected chi connectivity index (χ3v) is 0.243. The summed E-state index contributed by atoms with van der Waals surface area (Å²) in [5, 5.41) is 7.12. The summed E-state index contributed by atoms with van der Waals surface area (Å²) in [6.45, 7) is 1.48. The van der Waals surface area contributed by atoms with Crippen molar-refractivity contribution in [2.75, 3.05) is 0 Å². The highest BCUT2D eigenvalue weighted by atomic mass is 35.6. The second-order valence-corrected chi connectivity index (χ2v) is 4.43. The zero-order chi connectivity index (χ0) is 10.6. The fourth-order valence-electron chi connectivity index (χ4n) is 0. The van der Waals surface area contributed by atoms with E-state index in [1.165, 1.54) is 6.92 Å². The van der Waals surface area contributed by atoms with Gasteiger partial charge in [-0.1, -0.05) is 34.8 Å². The molecule has 8 heteroatoms. The van der Waals surface area contributed by atoms with E-state index in [-0.39, 0.29) is 0 Å². The van der Waals surface area contributed by atoms with Crippen LogP contribution in [0, 0.1) is 0 Å². The maximum absolute atomic E-state index is 10.6. The van der Waals surface area contributed by atoms with Gasteiger partial charge in [0, 0.05) is 0 Å². The van der Waals surface area contributed by atoms with Gasteiger partial charge in [-0.3, -0.25) is 0 Å². The summed E-state index contributed by atoms with van der Waals surface area (Å²) in [5.41, 5.74) is 0. The number of hydrogen-bond donors (Lipinski definition) is 1. The standard InChI is InChI=1S/C2H3Cl3.C2HF3O2/c1-2(3,4)5;3-2(4,5)1(6)7/h1H3;(H,6,7). The van der Waals surface area contributed by atoms with Crippen molar-refractivity contribution in [3.8, 4) is 0 Å². The van der Waals surface area contributed by atoms with E-state index in [4.69, 9.17) is 44.7 Å². The van der Waals surface area contributed by atoms with Gasteiger partial charge in [0.05, 0.1) is 0 Å². The molecule has 0 spiro atoms. The Morgan fingerprint density at radius 1 is 1.25 bits per heavy atom. The summed E-state index contributed by atoms with van der Waals surface area (Å²) in [6.07, 6.45) is -5.08. The molecule has 0 saturated carbocycles. The van der Waals surface area contributed by atoms with E-state index in [9.17, 15) is 13.2 Å². The highest BCUT2D eigenvalue weighted by Gasteiger charge is 2.38. The van der Waals surface area contributed by atoms with Crippen molar-refractivity contribution < 1.29 is 23.1 Å². The van der Waals surface area contributed by atoms with Crippen LogP contribution >= 0.6 is 34.8 Å². The molecule has 0 aliphatic rings. The molecule has 0 aliphatic heterocycles. The summed E-state index contributed by atoms with van der Waals surface area (Å²) in [4.78, 5) is 8.90. The number of hydrogen-bond acceptors (Lipinski definition) is 1. The number of halogens is 6. The van der Waals surface area contributed by atoms with Gasteiger partial charge in [-0.2, -0.15) is 13.2 Å². The molecule has 0 aliphatic carbocycles. The molecule has 1 N–H and O–H groups in total. The molecule has 0 saturated heterocycles. The van der Waals surface area contributed by atoms with Crippen LogP contribution in [0.1, 0.15) is 6.92 Å². The van der Waals surface area contributed by atoms with Crippen LogP contribution in [0.2, 0.25) is 0 Å². The predicted molar refractivity (Wildman–Crippen MR) is 39.7 cm³/mol. The van der Waals surface area contributed by atoms with Crippen molar-refractivity contribution in [1.29, 1.82) is 0 Å². The minimum atomic E-state index is -5.08. The number of aliphatic carboxylic acids is 1. The normalized spacial score (nSPS) is 11.6. The van der Waals surface area contributed by atoms with Crippen molar-refractivity contribution in [3.63, 3.8) is 0 Å². The highest BCUT2D eigenvalue weighted by Crippen LogP contribution is 2.23. The Bertz CT molecular complexity index is 145. The fraction of sp³-hybridized carbons (Fsp3) is 0.750. The molecule has 0 heterocycles. The SMILES string of the molecule is CC(Cl)(Cl)Cl.O=C(O)C(F)(F)F. The highest BCUT2D eigenvalue weighted by molar-refractivity contribution is 6.67. The van der Waals surface area contributed by atoms with Gasteiger partial charge in [-0.15, -0.1) is 0 Å². The van der Waals surface area contributed by atoms with Crippen LogP contribution in [0.4, 0.5) is 13.2 Å². The number of rotatable bonds is 0. The van der Waals surface area contributed by atoms with E-state index in [1.54, 1.807) is 0 Å². The molecular weight excluding hydrogens is 243 g/mol. The van der Waals surface area contributed by atoms with Crippen LogP contribution in [0.3, 0.4) is 0 Å². The third-order valence-electron chi connectivity index (χ3n) is 0.243. The molecule has 0 aromatic carbocycles. The van der Waals surface area contributed by atoms with E-state index in [0.29, 0.717) is 0 Å². The lowest BCUT2D eigenvalue weighted by molar-refractivity contribution is -0.192. The van der Waals surface area contributed by atoms with Crippen molar-refractivity contribution in [1.82, 2.24) is 0 Å². The van der Waals surface area contributed by atoms with E-state index in [2.05, 4.69) is 0 Å². The molecule has 0 fully saturated rings. The maximum Gasteiger partial charge on any atom is 0.490 e. The molecule has 2 nitrogen and oxygen atoms in total. The molecule has 0 bridgehead atoms. The van der Waals surface area contributed by atoms with E-state index >= 15 is 0 Å². The Morgan fingerprint density at radius 3 is 1.33 bits per heavy atom. The summed E-state index contributed by atoms with van der Waals surface area (Å²) in [6, 6.07) is 0. The van der Waals surface area contributed by atoms with Crippen molar-refractivity contribution in [3.05, 3.63) is 0 Å². The fourth-order valence-corrected chi connectivity index (χ4v) is 0. The minimum Gasteiger partial charge on any atom is -0.475 e. The quantitative estimate of drug-likeness (QED) is 0.668. The first kappa shape index (κ1) is 14.6. The van der Waals surface area contributed by atoms with Crippen LogP contribution in [0.25, 0.3) is 0 Å². The van der Waals surface area contributed by atoms with Crippen LogP contribution in [0.5, 0.6) is 0 Å². The zero-order valence-electron chi connectivity index (χ0n) is 5.62. The Kier molecular flexibility index (Phi) is 6.09. The number of alkyl halides is 6. The Balaban J connectivity index is 0. The first-order valence-corrected chi connectivity index (χ1v) is 3.45. The first-order valence-electron chi connectivity index (χ1n) is 2.31. The van der Waals surface area contributed by atoms with Gasteiger partial charge in [0.2, 0.25) is 0 Å². The summed E-state index contributed by atoms with van der Waals surface area (Å²) in [7, 11) is 0. The van der Waals surface area contributed by atoms with Gasteiger partial charge >= 0.3 is 12.1 Å². The van der Waals surface area contributed by atoms with Crippen molar-refractivity contribution in [2.45, 2.75) is 16.9 Å².